The number of carbonyl (C=O) groups excluding carboxylic acids is 1. The summed E-state index contributed by atoms with van der Waals surface area (Å²) in [5.41, 5.74) is 0.455. The third-order valence-electron chi connectivity index (χ3n) is 1.75. The maximum absolute atomic E-state index is 11.5. The lowest BCUT2D eigenvalue weighted by molar-refractivity contribution is 0.0525. The number of esters is 1. The smallest absolute Gasteiger partial charge is 0.339 e. The van der Waals surface area contributed by atoms with Crippen LogP contribution in [0.15, 0.2) is 21.1 Å². The highest BCUT2D eigenvalue weighted by molar-refractivity contribution is 9.11. The SMILES string of the molecule is CCOC(=O)c1ccc(Br)c(OC)c1Br. The molecule has 0 spiro atoms. The van der Waals surface area contributed by atoms with Crippen LogP contribution in [-0.4, -0.2) is 19.7 Å². The van der Waals surface area contributed by atoms with Crippen molar-refractivity contribution in [1.82, 2.24) is 0 Å². The van der Waals surface area contributed by atoms with E-state index in [-0.39, 0.29) is 5.97 Å². The molecule has 0 saturated carbocycles. The van der Waals surface area contributed by atoms with Crippen LogP contribution < -0.4 is 4.74 Å². The fourth-order valence-corrected chi connectivity index (χ4v) is 2.51. The fourth-order valence-electron chi connectivity index (χ4n) is 1.09. The highest BCUT2D eigenvalue weighted by Gasteiger charge is 2.16. The van der Waals surface area contributed by atoms with Crippen LogP contribution in [0.25, 0.3) is 0 Å². The van der Waals surface area contributed by atoms with Crippen molar-refractivity contribution in [2.75, 3.05) is 13.7 Å². The average molecular weight is 338 g/mol. The van der Waals surface area contributed by atoms with Crippen molar-refractivity contribution in [3.8, 4) is 5.75 Å². The first-order valence-corrected chi connectivity index (χ1v) is 5.89. The topological polar surface area (TPSA) is 35.5 Å². The largest absolute Gasteiger partial charge is 0.494 e. The van der Waals surface area contributed by atoms with Gasteiger partial charge in [-0.25, -0.2) is 4.79 Å². The zero-order valence-electron chi connectivity index (χ0n) is 8.34. The minimum absolute atomic E-state index is 0.351. The maximum Gasteiger partial charge on any atom is 0.339 e. The van der Waals surface area contributed by atoms with Crippen molar-refractivity contribution in [3.63, 3.8) is 0 Å². The molecule has 15 heavy (non-hydrogen) atoms. The number of ether oxygens (including phenoxy) is 2. The lowest BCUT2D eigenvalue weighted by Crippen LogP contribution is -2.06. The van der Waals surface area contributed by atoms with Crippen LogP contribution in [0.1, 0.15) is 17.3 Å². The maximum atomic E-state index is 11.5. The van der Waals surface area contributed by atoms with Gasteiger partial charge in [0.15, 0.2) is 0 Å². The molecule has 1 aromatic rings. The molecule has 0 atom stereocenters. The molecule has 0 aliphatic heterocycles. The summed E-state index contributed by atoms with van der Waals surface area (Å²) >= 11 is 6.63. The number of rotatable bonds is 3. The van der Waals surface area contributed by atoms with Crippen molar-refractivity contribution in [2.45, 2.75) is 6.92 Å². The summed E-state index contributed by atoms with van der Waals surface area (Å²) in [6, 6.07) is 3.42. The van der Waals surface area contributed by atoms with E-state index in [0.29, 0.717) is 22.4 Å². The molecule has 1 aromatic carbocycles. The van der Waals surface area contributed by atoms with E-state index in [1.54, 1.807) is 26.2 Å². The summed E-state index contributed by atoms with van der Waals surface area (Å²) in [7, 11) is 1.54. The van der Waals surface area contributed by atoms with Gasteiger partial charge >= 0.3 is 5.97 Å². The van der Waals surface area contributed by atoms with Crippen molar-refractivity contribution >= 4 is 37.8 Å². The second-order valence-corrected chi connectivity index (χ2v) is 4.31. The minimum atomic E-state index is -0.366. The molecule has 0 aromatic heterocycles. The Morgan fingerprint density at radius 2 is 2.07 bits per heavy atom. The summed E-state index contributed by atoms with van der Waals surface area (Å²) in [6.45, 7) is 2.12. The summed E-state index contributed by atoms with van der Waals surface area (Å²) in [5.74, 6) is 0.218. The Hall–Kier alpha value is -0.550. The normalized spacial score (nSPS) is 9.87. The van der Waals surface area contributed by atoms with E-state index < -0.39 is 0 Å². The van der Waals surface area contributed by atoms with E-state index in [2.05, 4.69) is 31.9 Å². The van der Waals surface area contributed by atoms with E-state index >= 15 is 0 Å². The molecule has 1 rings (SSSR count). The number of hydrogen-bond donors (Lipinski definition) is 0. The van der Waals surface area contributed by atoms with E-state index in [1.165, 1.54) is 0 Å². The minimum Gasteiger partial charge on any atom is -0.494 e. The molecule has 0 unspecified atom stereocenters. The number of carbonyl (C=O) groups is 1. The monoisotopic (exact) mass is 336 g/mol. The molecule has 3 nitrogen and oxygen atoms in total. The first kappa shape index (κ1) is 12.5. The molecule has 0 heterocycles. The Kier molecular flexibility index (Phi) is 4.60. The molecule has 5 heteroatoms. The highest BCUT2D eigenvalue weighted by Crippen LogP contribution is 2.35. The van der Waals surface area contributed by atoms with Crippen LogP contribution >= 0.6 is 31.9 Å². The standard InChI is InChI=1S/C10H10Br2O3/c1-3-15-10(13)6-4-5-7(11)9(14-2)8(6)12/h4-5H,3H2,1-2H3. The van der Waals surface area contributed by atoms with Gasteiger partial charge in [-0.2, -0.15) is 0 Å². The molecule has 0 fully saturated rings. The Morgan fingerprint density at radius 1 is 1.40 bits per heavy atom. The molecule has 0 N–H and O–H groups in total. The first-order valence-electron chi connectivity index (χ1n) is 4.31. The van der Waals surface area contributed by atoms with Gasteiger partial charge in [-0.05, 0) is 50.9 Å². The van der Waals surface area contributed by atoms with Gasteiger partial charge in [0.1, 0.15) is 5.75 Å². The lowest BCUT2D eigenvalue weighted by Gasteiger charge is -2.09. The zero-order chi connectivity index (χ0) is 11.4. The molecule has 0 saturated heterocycles. The average Bonchev–Trinajstić information content (AvgIpc) is 2.18. The van der Waals surface area contributed by atoms with E-state index in [4.69, 9.17) is 9.47 Å². The third kappa shape index (κ3) is 2.72. The number of halogens is 2. The fraction of sp³-hybridized carbons (Fsp3) is 0.300. The number of benzene rings is 1. The summed E-state index contributed by atoms with van der Waals surface area (Å²) in [6.07, 6.45) is 0. The molecular weight excluding hydrogens is 328 g/mol. The molecule has 0 aliphatic rings. The van der Waals surface area contributed by atoms with Gasteiger partial charge in [0.25, 0.3) is 0 Å². The Labute approximate surface area is 105 Å². The third-order valence-corrected chi connectivity index (χ3v) is 3.16. The molecule has 0 radical (unpaired) electrons. The Bertz CT molecular complexity index is 377. The van der Waals surface area contributed by atoms with Gasteiger partial charge in [0, 0.05) is 0 Å². The van der Waals surface area contributed by atoms with Crippen LogP contribution in [0.4, 0.5) is 0 Å². The van der Waals surface area contributed by atoms with Gasteiger partial charge in [0.05, 0.1) is 28.2 Å². The summed E-state index contributed by atoms with van der Waals surface area (Å²) < 4.78 is 11.4. The van der Waals surface area contributed by atoms with E-state index in [1.807, 2.05) is 0 Å². The zero-order valence-corrected chi connectivity index (χ0v) is 11.5. The lowest BCUT2D eigenvalue weighted by atomic mass is 10.2. The molecule has 0 bridgehead atoms. The van der Waals surface area contributed by atoms with Crippen molar-refractivity contribution in [3.05, 3.63) is 26.6 Å². The second kappa shape index (κ2) is 5.51. The quantitative estimate of drug-likeness (QED) is 0.793. The molecule has 82 valence electrons. The predicted octanol–water partition coefficient (Wildman–Crippen LogP) is 3.40. The van der Waals surface area contributed by atoms with Crippen LogP contribution in [0.5, 0.6) is 5.75 Å². The predicted molar refractivity (Wildman–Crippen MR) is 64.4 cm³/mol. The van der Waals surface area contributed by atoms with Gasteiger partial charge in [-0.3, -0.25) is 0 Å². The summed E-state index contributed by atoms with van der Waals surface area (Å²) in [5, 5.41) is 0. The van der Waals surface area contributed by atoms with Gasteiger partial charge < -0.3 is 9.47 Å². The second-order valence-electron chi connectivity index (χ2n) is 2.66. The molecular formula is C10H10Br2O3. The van der Waals surface area contributed by atoms with Gasteiger partial charge in [-0.1, -0.05) is 0 Å². The van der Waals surface area contributed by atoms with E-state index in [0.717, 1.165) is 4.47 Å². The van der Waals surface area contributed by atoms with Gasteiger partial charge in [-0.15, -0.1) is 0 Å². The van der Waals surface area contributed by atoms with Crippen LogP contribution in [0.2, 0.25) is 0 Å². The van der Waals surface area contributed by atoms with E-state index in [9.17, 15) is 4.79 Å². The number of methoxy groups -OCH3 is 1. The van der Waals surface area contributed by atoms with Crippen molar-refractivity contribution in [2.24, 2.45) is 0 Å². The van der Waals surface area contributed by atoms with Crippen LogP contribution in [-0.2, 0) is 4.74 Å². The Morgan fingerprint density at radius 3 is 2.60 bits per heavy atom. The first-order chi connectivity index (χ1) is 7.11. The summed E-state index contributed by atoms with van der Waals surface area (Å²) in [4.78, 5) is 11.5. The van der Waals surface area contributed by atoms with Crippen molar-refractivity contribution in [1.29, 1.82) is 0 Å². The van der Waals surface area contributed by atoms with Gasteiger partial charge in [0.2, 0.25) is 0 Å². The van der Waals surface area contributed by atoms with Crippen molar-refractivity contribution < 1.29 is 14.3 Å². The van der Waals surface area contributed by atoms with Crippen LogP contribution in [0, 0.1) is 0 Å². The molecule has 0 aliphatic carbocycles. The highest BCUT2D eigenvalue weighted by atomic mass is 79.9. The van der Waals surface area contributed by atoms with Crippen LogP contribution in [0.3, 0.4) is 0 Å². The molecule has 0 amide bonds. The number of hydrogen-bond acceptors (Lipinski definition) is 3. The Balaban J connectivity index is 3.15.